The van der Waals surface area contributed by atoms with E-state index in [0.717, 1.165) is 38.4 Å². The Hall–Kier alpha value is -1.72. The molecule has 0 atom stereocenters. The van der Waals surface area contributed by atoms with Crippen molar-refractivity contribution in [2.45, 2.75) is 25.4 Å². The molecule has 5 nitrogen and oxygen atoms in total. The Kier molecular flexibility index (Phi) is 4.85. The molecule has 6 heteroatoms. The molecule has 0 unspecified atom stereocenters. The maximum absolute atomic E-state index is 5.84. The summed E-state index contributed by atoms with van der Waals surface area (Å²) in [6.45, 7) is 3.17. The van der Waals surface area contributed by atoms with Gasteiger partial charge in [0.25, 0.3) is 0 Å². The lowest BCUT2D eigenvalue weighted by Gasteiger charge is -2.36. The predicted molar refractivity (Wildman–Crippen MR) is 88.0 cm³/mol. The van der Waals surface area contributed by atoms with Crippen molar-refractivity contribution in [2.75, 3.05) is 25.0 Å². The van der Waals surface area contributed by atoms with Crippen molar-refractivity contribution in [1.29, 1.82) is 0 Å². The van der Waals surface area contributed by atoms with E-state index in [1.54, 1.807) is 12.4 Å². The number of aromatic nitrogens is 3. The van der Waals surface area contributed by atoms with Crippen molar-refractivity contribution < 1.29 is 0 Å². The van der Waals surface area contributed by atoms with Crippen LogP contribution in [-0.4, -0.2) is 46.0 Å². The fourth-order valence-corrected chi connectivity index (χ4v) is 2.96. The minimum Gasteiger partial charge on any atom is -0.341 e. The van der Waals surface area contributed by atoms with E-state index in [4.69, 9.17) is 11.6 Å². The summed E-state index contributed by atoms with van der Waals surface area (Å²) in [7, 11) is 2.06. The first-order chi connectivity index (χ1) is 10.7. The van der Waals surface area contributed by atoms with Gasteiger partial charge in [-0.3, -0.25) is 9.88 Å². The Bertz CT molecular complexity index is 581. The number of likely N-dealkylation sites (tertiary alicyclic amines) is 1. The summed E-state index contributed by atoms with van der Waals surface area (Å²) in [6.07, 6.45) is 9.25. The molecule has 1 fully saturated rings. The summed E-state index contributed by atoms with van der Waals surface area (Å²) in [5, 5.41) is 0.573. The van der Waals surface area contributed by atoms with Crippen molar-refractivity contribution in [3.63, 3.8) is 0 Å². The minimum atomic E-state index is 0.481. The van der Waals surface area contributed by atoms with Gasteiger partial charge < -0.3 is 4.90 Å². The van der Waals surface area contributed by atoms with Crippen LogP contribution < -0.4 is 4.90 Å². The van der Waals surface area contributed by atoms with Crippen LogP contribution in [0.5, 0.6) is 0 Å². The second-order valence-corrected chi connectivity index (χ2v) is 6.11. The van der Waals surface area contributed by atoms with Crippen molar-refractivity contribution >= 4 is 17.5 Å². The summed E-state index contributed by atoms with van der Waals surface area (Å²) >= 11 is 5.84. The summed E-state index contributed by atoms with van der Waals surface area (Å²) in [5.41, 5.74) is 1.32. The molecule has 22 heavy (non-hydrogen) atoms. The van der Waals surface area contributed by atoms with Gasteiger partial charge in [-0.05, 0) is 30.5 Å². The zero-order valence-electron chi connectivity index (χ0n) is 12.7. The molecule has 116 valence electrons. The summed E-state index contributed by atoms with van der Waals surface area (Å²) in [4.78, 5) is 17.3. The third-order valence-electron chi connectivity index (χ3n) is 4.18. The van der Waals surface area contributed by atoms with Gasteiger partial charge in [0.15, 0.2) is 0 Å². The van der Waals surface area contributed by atoms with E-state index in [9.17, 15) is 0 Å². The standard InChI is InChI=1S/C16H20ClN5/c1-21(16-19-10-14(17)11-20-16)15-4-8-22(9-5-15)12-13-2-6-18-7-3-13/h2-3,6-7,10-11,15H,4-5,8-9,12H2,1H3. The molecule has 1 saturated heterocycles. The molecule has 2 aromatic heterocycles. The lowest BCUT2D eigenvalue weighted by atomic mass is 10.0. The molecule has 0 saturated carbocycles. The Labute approximate surface area is 136 Å². The summed E-state index contributed by atoms with van der Waals surface area (Å²) < 4.78 is 0. The van der Waals surface area contributed by atoms with Gasteiger partial charge in [0, 0.05) is 45.1 Å². The number of nitrogens with zero attached hydrogens (tertiary/aromatic N) is 5. The van der Waals surface area contributed by atoms with Crippen molar-refractivity contribution in [2.24, 2.45) is 0 Å². The highest BCUT2D eigenvalue weighted by molar-refractivity contribution is 6.30. The number of pyridine rings is 1. The van der Waals surface area contributed by atoms with Crippen LogP contribution in [0.25, 0.3) is 0 Å². The van der Waals surface area contributed by atoms with Crippen molar-refractivity contribution in [3.05, 3.63) is 47.5 Å². The van der Waals surface area contributed by atoms with Gasteiger partial charge in [0.2, 0.25) is 5.95 Å². The highest BCUT2D eigenvalue weighted by Crippen LogP contribution is 2.20. The molecule has 2 aromatic rings. The first-order valence-electron chi connectivity index (χ1n) is 7.54. The van der Waals surface area contributed by atoms with E-state index in [1.165, 1.54) is 5.56 Å². The van der Waals surface area contributed by atoms with E-state index in [-0.39, 0.29) is 0 Å². The highest BCUT2D eigenvalue weighted by atomic mass is 35.5. The molecule has 3 rings (SSSR count). The lowest BCUT2D eigenvalue weighted by molar-refractivity contribution is 0.203. The van der Waals surface area contributed by atoms with Gasteiger partial charge in [0.05, 0.1) is 17.4 Å². The van der Waals surface area contributed by atoms with Gasteiger partial charge in [0.1, 0.15) is 0 Å². The Morgan fingerprint density at radius 1 is 1.18 bits per heavy atom. The van der Waals surface area contributed by atoms with Crippen LogP contribution in [-0.2, 0) is 6.54 Å². The van der Waals surface area contributed by atoms with E-state index in [0.29, 0.717) is 11.1 Å². The number of halogens is 1. The minimum absolute atomic E-state index is 0.481. The smallest absolute Gasteiger partial charge is 0.225 e. The topological polar surface area (TPSA) is 45.2 Å². The van der Waals surface area contributed by atoms with Crippen LogP contribution in [0.2, 0.25) is 5.02 Å². The van der Waals surface area contributed by atoms with E-state index < -0.39 is 0 Å². The average molecular weight is 318 g/mol. The maximum Gasteiger partial charge on any atom is 0.225 e. The van der Waals surface area contributed by atoms with Crippen LogP contribution in [0.1, 0.15) is 18.4 Å². The van der Waals surface area contributed by atoms with Crippen LogP contribution in [0.15, 0.2) is 36.9 Å². The second-order valence-electron chi connectivity index (χ2n) is 5.67. The number of anilines is 1. The molecule has 0 aliphatic carbocycles. The lowest BCUT2D eigenvalue weighted by Crippen LogP contribution is -2.43. The fourth-order valence-electron chi connectivity index (χ4n) is 2.86. The Morgan fingerprint density at radius 2 is 1.82 bits per heavy atom. The number of piperidine rings is 1. The van der Waals surface area contributed by atoms with Gasteiger partial charge in [-0.15, -0.1) is 0 Å². The number of hydrogen-bond acceptors (Lipinski definition) is 5. The average Bonchev–Trinajstić information content (AvgIpc) is 2.57. The monoisotopic (exact) mass is 317 g/mol. The van der Waals surface area contributed by atoms with E-state index >= 15 is 0 Å². The largest absolute Gasteiger partial charge is 0.341 e. The predicted octanol–water partition coefficient (Wildman–Crippen LogP) is 2.63. The van der Waals surface area contributed by atoms with Crippen molar-refractivity contribution in [1.82, 2.24) is 19.9 Å². The van der Waals surface area contributed by atoms with Crippen LogP contribution in [0, 0.1) is 0 Å². The molecule has 0 spiro atoms. The molecule has 0 amide bonds. The van der Waals surface area contributed by atoms with E-state index in [2.05, 4.69) is 43.9 Å². The molecule has 1 aliphatic heterocycles. The fraction of sp³-hybridized carbons (Fsp3) is 0.438. The third-order valence-corrected chi connectivity index (χ3v) is 4.38. The van der Waals surface area contributed by atoms with Gasteiger partial charge in [-0.1, -0.05) is 11.6 Å². The molecular weight excluding hydrogens is 298 g/mol. The second kappa shape index (κ2) is 7.03. The van der Waals surface area contributed by atoms with Gasteiger partial charge in [-0.25, -0.2) is 9.97 Å². The molecule has 0 radical (unpaired) electrons. The Morgan fingerprint density at radius 3 is 2.45 bits per heavy atom. The SMILES string of the molecule is CN(c1ncc(Cl)cn1)C1CCN(Cc2ccncc2)CC1. The first-order valence-corrected chi connectivity index (χ1v) is 7.92. The zero-order chi connectivity index (χ0) is 15.4. The van der Waals surface area contributed by atoms with Crippen LogP contribution in [0.4, 0.5) is 5.95 Å². The highest BCUT2D eigenvalue weighted by Gasteiger charge is 2.23. The summed E-state index contributed by atoms with van der Waals surface area (Å²) in [5.74, 6) is 0.747. The summed E-state index contributed by atoms with van der Waals surface area (Å²) in [6, 6.07) is 4.65. The third kappa shape index (κ3) is 3.72. The molecule has 0 N–H and O–H groups in total. The first kappa shape index (κ1) is 15.2. The molecule has 1 aliphatic rings. The van der Waals surface area contributed by atoms with Gasteiger partial charge >= 0.3 is 0 Å². The quantitative estimate of drug-likeness (QED) is 0.867. The molecule has 3 heterocycles. The molecule has 0 aromatic carbocycles. The Balaban J connectivity index is 1.54. The van der Waals surface area contributed by atoms with Crippen molar-refractivity contribution in [3.8, 4) is 0 Å². The zero-order valence-corrected chi connectivity index (χ0v) is 13.4. The normalized spacial score (nSPS) is 16.6. The van der Waals surface area contributed by atoms with Crippen LogP contribution >= 0.6 is 11.6 Å². The maximum atomic E-state index is 5.84. The van der Waals surface area contributed by atoms with Gasteiger partial charge in [-0.2, -0.15) is 0 Å². The van der Waals surface area contributed by atoms with E-state index in [1.807, 2.05) is 12.4 Å². The van der Waals surface area contributed by atoms with Crippen LogP contribution in [0.3, 0.4) is 0 Å². The molecular formula is C16H20ClN5. The molecule has 0 bridgehead atoms. The number of rotatable bonds is 4. The number of hydrogen-bond donors (Lipinski definition) is 0.